The summed E-state index contributed by atoms with van der Waals surface area (Å²) >= 11 is 0. The molecule has 1 aromatic heterocycles. The van der Waals surface area contributed by atoms with E-state index >= 15 is 0 Å². The van der Waals surface area contributed by atoms with Gasteiger partial charge in [-0.05, 0) is 39.6 Å². The lowest BCUT2D eigenvalue weighted by atomic mass is 10.1. The molecule has 1 saturated heterocycles. The van der Waals surface area contributed by atoms with Crippen LogP contribution in [0.25, 0.3) is 0 Å². The number of aliphatic imine (C=N–C) groups is 1. The average molecular weight is 494 g/mol. The zero-order valence-electron chi connectivity index (χ0n) is 17.0. The smallest absolute Gasteiger partial charge is 0.193 e. The lowest BCUT2D eigenvalue weighted by Crippen LogP contribution is -2.41. The molecule has 0 spiro atoms. The third kappa shape index (κ3) is 7.97. The number of halogens is 1. The van der Waals surface area contributed by atoms with Gasteiger partial charge in [0.1, 0.15) is 5.76 Å². The minimum Gasteiger partial charge on any atom is -0.468 e. The Bertz CT molecular complexity index is 525. The minimum absolute atomic E-state index is 0. The average Bonchev–Trinajstić information content (AvgIpc) is 3.30. The van der Waals surface area contributed by atoms with Gasteiger partial charge in [0.25, 0.3) is 0 Å². The first-order valence-electron chi connectivity index (χ1n) is 9.45. The largest absolute Gasteiger partial charge is 0.468 e. The third-order valence-corrected chi connectivity index (χ3v) is 4.61. The number of nitrogens with zero attached hydrogens (tertiary/aromatic N) is 3. The Balaban J connectivity index is 0.00000364. The lowest BCUT2D eigenvalue weighted by molar-refractivity contribution is 0.0536. The van der Waals surface area contributed by atoms with Crippen molar-refractivity contribution in [2.24, 2.45) is 10.9 Å². The van der Waals surface area contributed by atoms with Crippen molar-refractivity contribution in [1.82, 2.24) is 15.1 Å². The van der Waals surface area contributed by atoms with Crippen LogP contribution in [0, 0.1) is 5.92 Å². The van der Waals surface area contributed by atoms with Crippen molar-refractivity contribution in [2.75, 3.05) is 67.2 Å². The molecular formula is C19H35IN4O3. The molecule has 2 rings (SSSR count). The van der Waals surface area contributed by atoms with E-state index in [4.69, 9.17) is 18.9 Å². The molecule has 1 N–H and O–H groups in total. The summed E-state index contributed by atoms with van der Waals surface area (Å²) < 4.78 is 16.3. The number of rotatable bonds is 10. The molecule has 0 aliphatic carbocycles. The first-order chi connectivity index (χ1) is 12.7. The first-order valence-corrected chi connectivity index (χ1v) is 9.45. The van der Waals surface area contributed by atoms with Crippen LogP contribution in [-0.4, -0.2) is 83.0 Å². The van der Waals surface area contributed by atoms with E-state index in [1.807, 2.05) is 12.1 Å². The molecule has 0 radical (unpaired) electrons. The molecule has 2 unspecified atom stereocenters. The van der Waals surface area contributed by atoms with E-state index < -0.39 is 0 Å². The molecule has 8 heteroatoms. The van der Waals surface area contributed by atoms with Crippen LogP contribution in [-0.2, 0) is 9.47 Å². The highest BCUT2D eigenvalue weighted by molar-refractivity contribution is 14.0. The highest BCUT2D eigenvalue weighted by atomic mass is 127. The number of methoxy groups -OCH3 is 1. The summed E-state index contributed by atoms with van der Waals surface area (Å²) in [4.78, 5) is 9.36. The van der Waals surface area contributed by atoms with Crippen LogP contribution in [0.2, 0.25) is 0 Å². The van der Waals surface area contributed by atoms with Gasteiger partial charge in [-0.2, -0.15) is 0 Å². The molecule has 0 aromatic carbocycles. The summed E-state index contributed by atoms with van der Waals surface area (Å²) in [6, 6.07) is 4.07. The number of hydrogen-bond acceptors (Lipinski definition) is 5. The molecule has 27 heavy (non-hydrogen) atoms. The summed E-state index contributed by atoms with van der Waals surface area (Å²) in [5, 5.41) is 3.43. The molecule has 2 atom stereocenters. The Morgan fingerprint density at radius 3 is 2.89 bits per heavy atom. The van der Waals surface area contributed by atoms with Crippen LogP contribution in [0.1, 0.15) is 25.1 Å². The van der Waals surface area contributed by atoms with Crippen molar-refractivity contribution in [1.29, 1.82) is 0 Å². The van der Waals surface area contributed by atoms with Gasteiger partial charge in [0, 0.05) is 32.7 Å². The number of nitrogens with one attached hydrogen (secondary N) is 1. The predicted octanol–water partition coefficient (Wildman–Crippen LogP) is 2.45. The van der Waals surface area contributed by atoms with Gasteiger partial charge in [0.05, 0.1) is 38.7 Å². The van der Waals surface area contributed by atoms with Crippen LogP contribution in [0.3, 0.4) is 0 Å². The first kappa shape index (κ1) is 24.2. The van der Waals surface area contributed by atoms with E-state index in [9.17, 15) is 0 Å². The van der Waals surface area contributed by atoms with Crippen molar-refractivity contribution in [2.45, 2.75) is 19.4 Å². The summed E-state index contributed by atoms with van der Waals surface area (Å²) in [7, 11) is 5.81. The zero-order chi connectivity index (χ0) is 18.8. The van der Waals surface area contributed by atoms with E-state index in [1.165, 1.54) is 0 Å². The fourth-order valence-corrected chi connectivity index (χ4v) is 3.14. The third-order valence-electron chi connectivity index (χ3n) is 4.61. The quantitative estimate of drug-likeness (QED) is 0.234. The van der Waals surface area contributed by atoms with Gasteiger partial charge in [-0.25, -0.2) is 0 Å². The Morgan fingerprint density at radius 1 is 1.44 bits per heavy atom. The standard InChI is InChI=1S/C19H34N4O3.HI/c1-5-20-19(21-13-17(22(2)3)18-7-6-10-26-18)23-9-8-16(14-23)15-25-12-11-24-4;/h6-7,10,16-17H,5,8-9,11-15H2,1-4H3,(H,20,21);1H. The Kier molecular flexibility index (Phi) is 12.0. The Morgan fingerprint density at radius 2 is 2.26 bits per heavy atom. The van der Waals surface area contributed by atoms with E-state index in [0.29, 0.717) is 25.7 Å². The van der Waals surface area contributed by atoms with Crippen LogP contribution in [0.5, 0.6) is 0 Å². The van der Waals surface area contributed by atoms with Gasteiger partial charge in [-0.3, -0.25) is 9.89 Å². The number of guanidine groups is 1. The molecule has 7 nitrogen and oxygen atoms in total. The van der Waals surface area contributed by atoms with Gasteiger partial charge >= 0.3 is 0 Å². The summed E-state index contributed by atoms with van der Waals surface area (Å²) in [6.07, 6.45) is 2.85. The monoisotopic (exact) mass is 494 g/mol. The van der Waals surface area contributed by atoms with Gasteiger partial charge < -0.3 is 24.1 Å². The molecule has 1 aliphatic rings. The summed E-state index contributed by atoms with van der Waals surface area (Å²) in [5.74, 6) is 2.47. The highest BCUT2D eigenvalue weighted by Gasteiger charge is 2.25. The van der Waals surface area contributed by atoms with Gasteiger partial charge in [-0.15, -0.1) is 24.0 Å². The maximum absolute atomic E-state index is 5.69. The fraction of sp³-hybridized carbons (Fsp3) is 0.737. The Labute approximate surface area is 180 Å². The Hall–Kier alpha value is -0.840. The molecule has 0 saturated carbocycles. The van der Waals surface area contributed by atoms with Crippen LogP contribution in [0.4, 0.5) is 0 Å². The van der Waals surface area contributed by atoms with Gasteiger partial charge in [-0.1, -0.05) is 0 Å². The minimum atomic E-state index is 0. The van der Waals surface area contributed by atoms with Crippen molar-refractivity contribution < 1.29 is 13.9 Å². The van der Waals surface area contributed by atoms with E-state index in [-0.39, 0.29) is 30.0 Å². The summed E-state index contributed by atoms with van der Waals surface area (Å²) in [5.41, 5.74) is 0. The normalized spacial score (nSPS) is 18.6. The molecule has 0 bridgehead atoms. The molecule has 1 aromatic rings. The lowest BCUT2D eigenvalue weighted by Gasteiger charge is -2.24. The van der Waals surface area contributed by atoms with Crippen molar-refractivity contribution in [3.63, 3.8) is 0 Å². The van der Waals surface area contributed by atoms with Crippen molar-refractivity contribution in [3.05, 3.63) is 24.2 Å². The number of ether oxygens (including phenoxy) is 2. The number of hydrogen-bond donors (Lipinski definition) is 1. The SMILES string of the molecule is CCNC(=NCC(c1ccco1)N(C)C)N1CCC(COCCOC)C1.I. The molecular weight excluding hydrogens is 459 g/mol. The van der Waals surface area contributed by atoms with E-state index in [2.05, 4.69) is 36.1 Å². The second-order valence-electron chi connectivity index (χ2n) is 6.86. The van der Waals surface area contributed by atoms with Crippen molar-refractivity contribution in [3.8, 4) is 0 Å². The molecule has 1 aliphatic heterocycles. The highest BCUT2D eigenvalue weighted by Crippen LogP contribution is 2.20. The summed E-state index contributed by atoms with van der Waals surface area (Å²) in [6.45, 7) is 7.71. The number of likely N-dealkylation sites (tertiary alicyclic amines) is 1. The molecule has 1 fully saturated rings. The second-order valence-corrected chi connectivity index (χ2v) is 6.86. The van der Waals surface area contributed by atoms with Crippen LogP contribution >= 0.6 is 24.0 Å². The fourth-order valence-electron chi connectivity index (χ4n) is 3.14. The topological polar surface area (TPSA) is 62.5 Å². The molecule has 2 heterocycles. The second kappa shape index (κ2) is 13.4. The van der Waals surface area contributed by atoms with E-state index in [1.54, 1.807) is 13.4 Å². The molecule has 0 amide bonds. The maximum atomic E-state index is 5.69. The van der Waals surface area contributed by atoms with Crippen LogP contribution in [0.15, 0.2) is 27.8 Å². The van der Waals surface area contributed by atoms with Crippen LogP contribution < -0.4 is 5.32 Å². The van der Waals surface area contributed by atoms with E-state index in [0.717, 1.165) is 44.4 Å². The van der Waals surface area contributed by atoms with Crippen molar-refractivity contribution >= 4 is 29.9 Å². The number of furan rings is 1. The number of likely N-dealkylation sites (N-methyl/N-ethyl adjacent to an activating group) is 1. The van der Waals surface area contributed by atoms with Gasteiger partial charge in [0.15, 0.2) is 5.96 Å². The van der Waals surface area contributed by atoms with Gasteiger partial charge in [0.2, 0.25) is 0 Å². The predicted molar refractivity (Wildman–Crippen MR) is 119 cm³/mol. The molecule has 156 valence electrons. The maximum Gasteiger partial charge on any atom is 0.193 e. The zero-order valence-corrected chi connectivity index (χ0v) is 19.3.